The maximum atomic E-state index is 11.9. The summed E-state index contributed by atoms with van der Waals surface area (Å²) in [5.41, 5.74) is 12.0. The van der Waals surface area contributed by atoms with Crippen LogP contribution in [0.3, 0.4) is 0 Å². The number of aryl methyl sites for hydroxylation is 2. The number of quaternary nitrogens is 1. The number of esters is 1. The summed E-state index contributed by atoms with van der Waals surface area (Å²) in [6.07, 6.45) is 1.12. The SMILES string of the molecule is COC(=O)Cc1ccccc1-c1ccc(C(C[NH3+])Cc2ccc(OCCOc3c(Cl)cc(C)cc3Cl)cc2)c(C)c1. The van der Waals surface area contributed by atoms with Crippen LogP contribution >= 0.6 is 23.2 Å². The van der Waals surface area contributed by atoms with E-state index in [1.165, 1.54) is 23.8 Å². The Labute approximate surface area is 252 Å². The molecule has 0 radical (unpaired) electrons. The largest absolute Gasteiger partial charge is 0.490 e. The summed E-state index contributed by atoms with van der Waals surface area (Å²) in [6.45, 7) is 5.55. The Balaban J connectivity index is 1.37. The summed E-state index contributed by atoms with van der Waals surface area (Å²) in [7, 11) is 1.42. The van der Waals surface area contributed by atoms with E-state index in [1.807, 2.05) is 55.5 Å². The van der Waals surface area contributed by atoms with Crippen molar-refractivity contribution in [1.29, 1.82) is 0 Å². The molecule has 41 heavy (non-hydrogen) atoms. The minimum atomic E-state index is -0.246. The zero-order valence-electron chi connectivity index (χ0n) is 23.7. The van der Waals surface area contributed by atoms with Gasteiger partial charge in [-0.05, 0) is 83.5 Å². The molecule has 0 aromatic heterocycles. The van der Waals surface area contributed by atoms with E-state index in [9.17, 15) is 4.79 Å². The van der Waals surface area contributed by atoms with E-state index < -0.39 is 0 Å². The molecule has 0 heterocycles. The van der Waals surface area contributed by atoms with Gasteiger partial charge in [-0.1, -0.05) is 77.8 Å². The number of carbonyl (C=O) groups excluding carboxylic acids is 1. The van der Waals surface area contributed by atoms with Crippen molar-refractivity contribution in [1.82, 2.24) is 0 Å². The molecule has 1 unspecified atom stereocenters. The maximum absolute atomic E-state index is 11.9. The van der Waals surface area contributed by atoms with E-state index in [1.54, 1.807) is 0 Å². The highest BCUT2D eigenvalue weighted by Crippen LogP contribution is 2.34. The Hall–Kier alpha value is -3.51. The Morgan fingerprint density at radius 3 is 2.22 bits per heavy atom. The van der Waals surface area contributed by atoms with Gasteiger partial charge in [0.25, 0.3) is 0 Å². The van der Waals surface area contributed by atoms with Gasteiger partial charge < -0.3 is 19.9 Å². The summed E-state index contributed by atoms with van der Waals surface area (Å²) in [6, 6.07) is 26.3. The first-order valence-electron chi connectivity index (χ1n) is 13.6. The maximum Gasteiger partial charge on any atom is 0.309 e. The van der Waals surface area contributed by atoms with Crippen molar-refractivity contribution in [2.75, 3.05) is 26.9 Å². The third kappa shape index (κ3) is 8.04. The quantitative estimate of drug-likeness (QED) is 0.142. The van der Waals surface area contributed by atoms with Crippen molar-refractivity contribution in [2.45, 2.75) is 32.6 Å². The first-order valence-corrected chi connectivity index (χ1v) is 14.4. The average molecular weight is 594 g/mol. The molecule has 3 N–H and O–H groups in total. The molecule has 4 aromatic carbocycles. The first-order chi connectivity index (χ1) is 19.8. The van der Waals surface area contributed by atoms with Gasteiger partial charge in [0.15, 0.2) is 5.75 Å². The molecule has 0 saturated heterocycles. The highest BCUT2D eigenvalue weighted by atomic mass is 35.5. The number of carbonyl (C=O) groups is 1. The summed E-state index contributed by atoms with van der Waals surface area (Å²) in [5, 5.41) is 0.986. The van der Waals surface area contributed by atoms with Crippen LogP contribution in [0.1, 0.15) is 33.7 Å². The molecule has 0 amide bonds. The van der Waals surface area contributed by atoms with E-state index in [2.05, 4.69) is 43.0 Å². The number of benzene rings is 4. The second kappa shape index (κ2) is 14.4. The van der Waals surface area contributed by atoms with Gasteiger partial charge in [-0.25, -0.2) is 0 Å². The van der Waals surface area contributed by atoms with Gasteiger partial charge in [0.05, 0.1) is 30.1 Å². The van der Waals surface area contributed by atoms with Crippen molar-refractivity contribution in [3.63, 3.8) is 0 Å². The van der Waals surface area contributed by atoms with E-state index in [4.69, 9.17) is 37.4 Å². The Morgan fingerprint density at radius 1 is 0.878 bits per heavy atom. The zero-order valence-corrected chi connectivity index (χ0v) is 25.2. The molecule has 0 bridgehead atoms. The molecule has 4 rings (SSSR count). The highest BCUT2D eigenvalue weighted by Gasteiger charge is 2.17. The molecule has 0 fully saturated rings. The lowest BCUT2D eigenvalue weighted by atomic mass is 9.87. The smallest absolute Gasteiger partial charge is 0.309 e. The van der Waals surface area contributed by atoms with Gasteiger partial charge in [0, 0.05) is 5.92 Å². The van der Waals surface area contributed by atoms with E-state index in [0.29, 0.717) is 29.0 Å². The van der Waals surface area contributed by atoms with E-state index >= 15 is 0 Å². The van der Waals surface area contributed by atoms with Crippen LogP contribution in [0.5, 0.6) is 11.5 Å². The van der Waals surface area contributed by atoms with Crippen molar-refractivity contribution in [3.8, 4) is 22.6 Å². The number of hydrogen-bond acceptors (Lipinski definition) is 4. The molecule has 0 spiro atoms. The van der Waals surface area contributed by atoms with Crippen LogP contribution in [0.15, 0.2) is 78.9 Å². The zero-order chi connectivity index (χ0) is 29.4. The topological polar surface area (TPSA) is 72.4 Å². The number of hydrogen-bond donors (Lipinski definition) is 1. The molecule has 0 aliphatic heterocycles. The molecule has 5 nitrogen and oxygen atoms in total. The molecular formula is C34H36Cl2NO4+. The highest BCUT2D eigenvalue weighted by molar-refractivity contribution is 6.37. The fourth-order valence-electron chi connectivity index (χ4n) is 4.99. The van der Waals surface area contributed by atoms with Crippen LogP contribution in [0.25, 0.3) is 11.1 Å². The van der Waals surface area contributed by atoms with E-state index in [-0.39, 0.29) is 18.3 Å². The van der Waals surface area contributed by atoms with Crippen LogP contribution in [0, 0.1) is 13.8 Å². The van der Waals surface area contributed by atoms with Gasteiger partial charge >= 0.3 is 5.97 Å². The fraction of sp³-hybridized carbons (Fsp3) is 0.265. The molecule has 0 aliphatic carbocycles. The van der Waals surface area contributed by atoms with Gasteiger partial charge in [-0.2, -0.15) is 0 Å². The third-order valence-electron chi connectivity index (χ3n) is 7.10. The molecule has 0 saturated carbocycles. The van der Waals surface area contributed by atoms with Crippen molar-refractivity contribution in [2.24, 2.45) is 0 Å². The summed E-state index contributed by atoms with van der Waals surface area (Å²) < 4.78 is 16.5. The lowest BCUT2D eigenvalue weighted by Gasteiger charge is -2.18. The van der Waals surface area contributed by atoms with Crippen LogP contribution in [-0.2, 0) is 22.4 Å². The molecule has 214 valence electrons. The minimum absolute atomic E-state index is 0.246. The predicted octanol–water partition coefficient (Wildman–Crippen LogP) is 7.02. The second-order valence-electron chi connectivity index (χ2n) is 10.1. The lowest BCUT2D eigenvalue weighted by Crippen LogP contribution is -2.53. The Morgan fingerprint density at radius 2 is 1.56 bits per heavy atom. The van der Waals surface area contributed by atoms with Gasteiger partial charge in [-0.3, -0.25) is 4.79 Å². The minimum Gasteiger partial charge on any atom is -0.490 e. The lowest BCUT2D eigenvalue weighted by molar-refractivity contribution is -0.372. The van der Waals surface area contributed by atoms with Crippen molar-refractivity contribution < 1.29 is 24.7 Å². The number of methoxy groups -OCH3 is 1. The average Bonchev–Trinajstić information content (AvgIpc) is 2.96. The molecule has 0 aliphatic rings. The molecular weight excluding hydrogens is 557 g/mol. The van der Waals surface area contributed by atoms with Crippen molar-refractivity contribution >= 4 is 29.2 Å². The van der Waals surface area contributed by atoms with Crippen molar-refractivity contribution in [3.05, 3.63) is 117 Å². The predicted molar refractivity (Wildman–Crippen MR) is 165 cm³/mol. The second-order valence-corrected chi connectivity index (χ2v) is 10.9. The number of halogens is 2. The molecule has 4 aromatic rings. The monoisotopic (exact) mass is 592 g/mol. The molecule has 7 heteroatoms. The van der Waals surface area contributed by atoms with Gasteiger partial charge in [-0.15, -0.1) is 0 Å². The first kappa shape index (κ1) is 30.4. The third-order valence-corrected chi connectivity index (χ3v) is 7.66. The number of ether oxygens (including phenoxy) is 3. The van der Waals surface area contributed by atoms with Crippen LogP contribution in [0.4, 0.5) is 0 Å². The summed E-state index contributed by atoms with van der Waals surface area (Å²) in [5.74, 6) is 1.28. The van der Waals surface area contributed by atoms with Crippen LogP contribution in [0.2, 0.25) is 10.0 Å². The number of rotatable bonds is 12. The van der Waals surface area contributed by atoms with Crippen LogP contribution in [-0.4, -0.2) is 32.8 Å². The van der Waals surface area contributed by atoms with Crippen LogP contribution < -0.4 is 15.2 Å². The van der Waals surface area contributed by atoms with Gasteiger partial charge in [0.1, 0.15) is 19.0 Å². The fourth-order valence-corrected chi connectivity index (χ4v) is 5.69. The molecule has 1 atom stereocenters. The summed E-state index contributed by atoms with van der Waals surface area (Å²) >= 11 is 12.5. The van der Waals surface area contributed by atoms with Gasteiger partial charge in [0.2, 0.25) is 0 Å². The van der Waals surface area contributed by atoms with E-state index in [0.717, 1.165) is 41.0 Å². The Bertz CT molecular complexity index is 1460. The normalized spacial score (nSPS) is 11.7. The Kier molecular flexibility index (Phi) is 10.7. The summed E-state index contributed by atoms with van der Waals surface area (Å²) in [4.78, 5) is 11.9. The standard InChI is InChI=1S/C34H35Cl2NO4/c1-22-16-31(35)34(32(36)17-22)41-15-14-40-28-11-8-24(9-12-28)19-27(21-37)29-13-10-26(18-23(29)2)30-7-5-4-6-25(30)20-33(38)39-3/h4-13,16-18,27H,14-15,19-21,37H2,1-3H3/p+1.